The third kappa shape index (κ3) is 4.86. The number of carboxylic acids is 1. The molecule has 0 radical (unpaired) electrons. The molecule has 5 heteroatoms. The Morgan fingerprint density at radius 3 is 2.71 bits per heavy atom. The Morgan fingerprint density at radius 1 is 1.24 bits per heavy atom. The van der Waals surface area contributed by atoms with E-state index in [2.05, 4.69) is 5.32 Å². The van der Waals surface area contributed by atoms with E-state index in [1.807, 2.05) is 30.3 Å². The third-order valence-corrected chi connectivity index (χ3v) is 3.82. The van der Waals surface area contributed by atoms with E-state index in [9.17, 15) is 14.7 Å². The van der Waals surface area contributed by atoms with Crippen molar-refractivity contribution < 1.29 is 14.7 Å². The number of piperidine rings is 1. The minimum Gasteiger partial charge on any atom is -0.480 e. The molecular weight excluding hydrogens is 268 g/mol. The highest BCUT2D eigenvalue weighted by Crippen LogP contribution is 2.16. The highest BCUT2D eigenvalue weighted by Gasteiger charge is 2.29. The molecule has 2 rings (SSSR count). The van der Waals surface area contributed by atoms with Gasteiger partial charge in [-0.1, -0.05) is 36.8 Å². The van der Waals surface area contributed by atoms with Crippen LogP contribution in [-0.2, 0) is 16.0 Å². The minimum absolute atomic E-state index is 0.0981. The van der Waals surface area contributed by atoms with Crippen LogP contribution in [0.5, 0.6) is 0 Å². The molecule has 21 heavy (non-hydrogen) atoms. The molecule has 114 valence electrons. The number of nitrogens with zero attached hydrogens (tertiary/aromatic N) is 1. The quantitative estimate of drug-likeness (QED) is 0.828. The fourth-order valence-corrected chi connectivity index (χ4v) is 2.69. The van der Waals surface area contributed by atoms with E-state index in [0.29, 0.717) is 19.5 Å². The molecule has 0 saturated carbocycles. The van der Waals surface area contributed by atoms with Crippen LogP contribution >= 0.6 is 0 Å². The van der Waals surface area contributed by atoms with Crippen molar-refractivity contribution in [1.29, 1.82) is 0 Å². The largest absolute Gasteiger partial charge is 0.480 e. The number of rotatable bonds is 6. The number of benzene rings is 1. The number of likely N-dealkylation sites (tertiary alicyclic amines) is 1. The van der Waals surface area contributed by atoms with Gasteiger partial charge in [0.2, 0.25) is 5.91 Å². The van der Waals surface area contributed by atoms with Crippen molar-refractivity contribution in [3.63, 3.8) is 0 Å². The van der Waals surface area contributed by atoms with Gasteiger partial charge in [0.1, 0.15) is 6.04 Å². The van der Waals surface area contributed by atoms with Crippen LogP contribution in [0.4, 0.5) is 0 Å². The molecule has 2 N–H and O–H groups in total. The summed E-state index contributed by atoms with van der Waals surface area (Å²) in [5, 5.41) is 12.0. The normalized spacial score (nSPS) is 19.1. The van der Waals surface area contributed by atoms with Crippen LogP contribution in [0.1, 0.15) is 24.8 Å². The Hall–Kier alpha value is -1.88. The average Bonchev–Trinajstić information content (AvgIpc) is 2.48. The summed E-state index contributed by atoms with van der Waals surface area (Å²) in [6.45, 7) is 1.43. The zero-order valence-electron chi connectivity index (χ0n) is 12.1. The van der Waals surface area contributed by atoms with Gasteiger partial charge in [-0.2, -0.15) is 0 Å². The summed E-state index contributed by atoms with van der Waals surface area (Å²) in [4.78, 5) is 24.9. The van der Waals surface area contributed by atoms with Gasteiger partial charge in [-0.05, 0) is 31.4 Å². The first-order valence-electron chi connectivity index (χ1n) is 7.44. The second-order valence-corrected chi connectivity index (χ2v) is 5.41. The summed E-state index contributed by atoms with van der Waals surface area (Å²) in [7, 11) is 0. The van der Waals surface area contributed by atoms with E-state index in [1.165, 1.54) is 5.56 Å². The molecule has 1 aliphatic rings. The number of hydrogen-bond donors (Lipinski definition) is 2. The minimum atomic E-state index is -0.827. The molecule has 1 fully saturated rings. The molecule has 1 atom stereocenters. The van der Waals surface area contributed by atoms with E-state index < -0.39 is 12.0 Å². The standard InChI is InChI=1S/C16H22N2O3/c19-15(17-10-9-13-6-2-1-3-7-13)12-18-11-5-4-8-14(18)16(20)21/h1-3,6-7,14H,4-5,8-12H2,(H,17,19)(H,20,21). The average molecular weight is 290 g/mol. The molecule has 0 aliphatic carbocycles. The fourth-order valence-electron chi connectivity index (χ4n) is 2.69. The molecule has 1 unspecified atom stereocenters. The molecule has 1 aromatic rings. The lowest BCUT2D eigenvalue weighted by molar-refractivity contribution is -0.145. The lowest BCUT2D eigenvalue weighted by Gasteiger charge is -2.32. The van der Waals surface area contributed by atoms with Crippen molar-refractivity contribution in [3.05, 3.63) is 35.9 Å². The number of hydrogen-bond acceptors (Lipinski definition) is 3. The monoisotopic (exact) mass is 290 g/mol. The molecule has 1 aromatic carbocycles. The molecule has 0 bridgehead atoms. The lowest BCUT2D eigenvalue weighted by atomic mass is 10.0. The summed E-state index contributed by atoms with van der Waals surface area (Å²) in [5.74, 6) is -0.925. The maximum absolute atomic E-state index is 11.9. The van der Waals surface area contributed by atoms with Crippen molar-refractivity contribution in [2.24, 2.45) is 0 Å². The van der Waals surface area contributed by atoms with Gasteiger partial charge in [-0.3, -0.25) is 14.5 Å². The van der Waals surface area contributed by atoms with Gasteiger partial charge < -0.3 is 10.4 Å². The van der Waals surface area contributed by atoms with Crippen molar-refractivity contribution in [1.82, 2.24) is 10.2 Å². The van der Waals surface area contributed by atoms with E-state index in [4.69, 9.17) is 0 Å². The van der Waals surface area contributed by atoms with Gasteiger partial charge >= 0.3 is 5.97 Å². The van der Waals surface area contributed by atoms with Crippen LogP contribution in [0.2, 0.25) is 0 Å². The highest BCUT2D eigenvalue weighted by molar-refractivity contribution is 5.80. The number of nitrogens with one attached hydrogen (secondary N) is 1. The summed E-state index contributed by atoms with van der Waals surface area (Å²) in [6.07, 6.45) is 3.30. The van der Waals surface area contributed by atoms with Gasteiger partial charge in [0.15, 0.2) is 0 Å². The lowest BCUT2D eigenvalue weighted by Crippen LogP contribution is -2.49. The van der Waals surface area contributed by atoms with E-state index in [0.717, 1.165) is 19.3 Å². The SMILES string of the molecule is O=C(CN1CCCCC1C(=O)O)NCCc1ccccc1. The van der Waals surface area contributed by atoms with Gasteiger partial charge in [-0.25, -0.2) is 0 Å². The number of carbonyl (C=O) groups is 2. The van der Waals surface area contributed by atoms with Gasteiger partial charge in [0, 0.05) is 6.54 Å². The first-order chi connectivity index (χ1) is 10.2. The van der Waals surface area contributed by atoms with Crippen molar-refractivity contribution in [2.45, 2.75) is 31.7 Å². The van der Waals surface area contributed by atoms with Crippen molar-refractivity contribution in [3.8, 4) is 0 Å². The molecule has 0 aromatic heterocycles. The highest BCUT2D eigenvalue weighted by atomic mass is 16.4. The molecule has 1 aliphatic heterocycles. The maximum atomic E-state index is 11.9. The molecule has 1 saturated heterocycles. The molecular formula is C16H22N2O3. The Kier molecular flexibility index (Phi) is 5.75. The van der Waals surface area contributed by atoms with E-state index in [1.54, 1.807) is 4.90 Å². The topological polar surface area (TPSA) is 69.6 Å². The number of carbonyl (C=O) groups excluding carboxylic acids is 1. The Morgan fingerprint density at radius 2 is 2.00 bits per heavy atom. The fraction of sp³-hybridized carbons (Fsp3) is 0.500. The van der Waals surface area contributed by atoms with Crippen LogP contribution in [-0.4, -0.2) is 47.6 Å². The predicted molar refractivity (Wildman–Crippen MR) is 80.0 cm³/mol. The van der Waals surface area contributed by atoms with Crippen molar-refractivity contribution >= 4 is 11.9 Å². The van der Waals surface area contributed by atoms with Crippen LogP contribution in [0.3, 0.4) is 0 Å². The second kappa shape index (κ2) is 7.78. The third-order valence-electron chi connectivity index (χ3n) is 3.82. The summed E-state index contributed by atoms with van der Waals surface area (Å²) in [6, 6.07) is 9.45. The Balaban J connectivity index is 1.74. The molecule has 1 heterocycles. The van der Waals surface area contributed by atoms with Gasteiger partial charge in [0.05, 0.1) is 6.54 Å². The van der Waals surface area contributed by atoms with Gasteiger partial charge in [0.25, 0.3) is 0 Å². The number of carboxylic acid groups (broad SMARTS) is 1. The zero-order valence-corrected chi connectivity index (χ0v) is 12.1. The van der Waals surface area contributed by atoms with Crippen LogP contribution in [0.15, 0.2) is 30.3 Å². The number of aliphatic carboxylic acids is 1. The molecule has 0 spiro atoms. The zero-order chi connectivity index (χ0) is 15.1. The van der Waals surface area contributed by atoms with Crippen LogP contribution < -0.4 is 5.32 Å². The second-order valence-electron chi connectivity index (χ2n) is 5.41. The van der Waals surface area contributed by atoms with Crippen molar-refractivity contribution in [2.75, 3.05) is 19.6 Å². The summed E-state index contributed by atoms with van der Waals surface area (Å²) < 4.78 is 0. The summed E-state index contributed by atoms with van der Waals surface area (Å²) >= 11 is 0. The predicted octanol–water partition coefficient (Wildman–Crippen LogP) is 1.28. The first-order valence-corrected chi connectivity index (χ1v) is 7.44. The van der Waals surface area contributed by atoms with Gasteiger partial charge in [-0.15, -0.1) is 0 Å². The summed E-state index contributed by atoms with van der Waals surface area (Å²) in [5.41, 5.74) is 1.18. The first kappa shape index (κ1) is 15.5. The molecule has 1 amide bonds. The molecule has 5 nitrogen and oxygen atoms in total. The van der Waals surface area contributed by atoms with Crippen LogP contribution in [0.25, 0.3) is 0 Å². The Bertz CT molecular complexity index is 476. The van der Waals surface area contributed by atoms with Crippen LogP contribution in [0, 0.1) is 0 Å². The smallest absolute Gasteiger partial charge is 0.320 e. The van der Waals surface area contributed by atoms with E-state index in [-0.39, 0.29) is 12.5 Å². The maximum Gasteiger partial charge on any atom is 0.320 e. The van der Waals surface area contributed by atoms with E-state index >= 15 is 0 Å². The number of amides is 1. The Labute approximate surface area is 125 Å².